The van der Waals surface area contributed by atoms with Gasteiger partial charge in [-0.1, -0.05) is 19.4 Å². The highest BCUT2D eigenvalue weighted by Gasteiger charge is 2.36. The van der Waals surface area contributed by atoms with Gasteiger partial charge in [0.25, 0.3) is 5.91 Å². The fraction of sp³-hybridized carbons (Fsp3) is 0.467. The van der Waals surface area contributed by atoms with Crippen LogP contribution in [0.3, 0.4) is 0 Å². The summed E-state index contributed by atoms with van der Waals surface area (Å²) in [6.07, 6.45) is 0.880. The molecule has 21 heavy (non-hydrogen) atoms. The van der Waals surface area contributed by atoms with Gasteiger partial charge < -0.3 is 10.1 Å². The molecule has 1 rings (SSSR count). The van der Waals surface area contributed by atoms with Gasteiger partial charge in [-0.15, -0.1) is 0 Å². The van der Waals surface area contributed by atoms with Crippen LogP contribution in [-0.2, 0) is 9.53 Å². The summed E-state index contributed by atoms with van der Waals surface area (Å²) in [6, 6.07) is 2.26. The van der Waals surface area contributed by atoms with Crippen LogP contribution in [0.5, 0.6) is 0 Å². The Labute approximate surface area is 122 Å². The van der Waals surface area contributed by atoms with Crippen LogP contribution >= 0.6 is 0 Å². The van der Waals surface area contributed by atoms with E-state index in [0.29, 0.717) is 12.8 Å². The quantitative estimate of drug-likeness (QED) is 0.851. The molecule has 6 heteroatoms. The van der Waals surface area contributed by atoms with Gasteiger partial charge in [-0.25, -0.2) is 13.6 Å². The van der Waals surface area contributed by atoms with Crippen molar-refractivity contribution in [2.75, 3.05) is 7.11 Å². The molecule has 1 unspecified atom stereocenters. The van der Waals surface area contributed by atoms with Crippen molar-refractivity contribution in [3.05, 3.63) is 34.9 Å². The van der Waals surface area contributed by atoms with E-state index in [1.165, 1.54) is 27.0 Å². The van der Waals surface area contributed by atoms with Gasteiger partial charge >= 0.3 is 5.97 Å². The Balaban J connectivity index is 3.15. The summed E-state index contributed by atoms with van der Waals surface area (Å²) in [5.74, 6) is -3.54. The van der Waals surface area contributed by atoms with Crippen molar-refractivity contribution in [1.82, 2.24) is 5.32 Å². The zero-order valence-electron chi connectivity index (χ0n) is 12.5. The molecule has 1 N–H and O–H groups in total. The summed E-state index contributed by atoms with van der Waals surface area (Å²) in [4.78, 5) is 24.0. The van der Waals surface area contributed by atoms with E-state index in [2.05, 4.69) is 10.1 Å². The van der Waals surface area contributed by atoms with E-state index in [9.17, 15) is 18.4 Å². The largest absolute Gasteiger partial charge is 0.467 e. The molecule has 4 nitrogen and oxygen atoms in total. The molecule has 1 aromatic carbocycles. The van der Waals surface area contributed by atoms with Crippen molar-refractivity contribution in [3.63, 3.8) is 0 Å². The monoisotopic (exact) mass is 299 g/mol. The Hall–Kier alpha value is -1.98. The number of aryl methyl sites for hydroxylation is 1. The first-order valence-corrected chi connectivity index (χ1v) is 6.62. The Morgan fingerprint density at radius 1 is 1.33 bits per heavy atom. The lowest BCUT2D eigenvalue weighted by molar-refractivity contribution is -0.147. The number of hydrogen-bond donors (Lipinski definition) is 1. The summed E-state index contributed by atoms with van der Waals surface area (Å²) in [7, 11) is 1.19. The maximum absolute atomic E-state index is 13.9. The van der Waals surface area contributed by atoms with Gasteiger partial charge in [-0.05, 0) is 31.9 Å². The Morgan fingerprint density at radius 3 is 2.48 bits per heavy atom. The number of nitrogens with one attached hydrogen (secondary N) is 1. The van der Waals surface area contributed by atoms with Gasteiger partial charge in [-0.3, -0.25) is 4.79 Å². The summed E-state index contributed by atoms with van der Waals surface area (Å²) in [6.45, 7) is 4.71. The SMILES string of the molecule is CCCC(C)(NC(=O)c1c(F)ccc(C)c1F)C(=O)OC. The molecule has 0 aliphatic heterocycles. The molecule has 0 radical (unpaired) electrons. The molecule has 116 valence electrons. The molecule has 0 aliphatic rings. The third kappa shape index (κ3) is 3.56. The van der Waals surface area contributed by atoms with Crippen LogP contribution in [0.4, 0.5) is 8.78 Å². The lowest BCUT2D eigenvalue weighted by Gasteiger charge is -2.27. The minimum atomic E-state index is -1.33. The predicted octanol–water partition coefficient (Wildman–Crippen LogP) is 2.73. The van der Waals surface area contributed by atoms with Crippen LogP contribution < -0.4 is 5.32 Å². The summed E-state index contributed by atoms with van der Waals surface area (Å²) in [5.41, 5.74) is -1.87. The average Bonchev–Trinajstić information content (AvgIpc) is 2.42. The maximum Gasteiger partial charge on any atom is 0.331 e. The number of carbonyl (C=O) groups excluding carboxylic acids is 2. The fourth-order valence-corrected chi connectivity index (χ4v) is 2.12. The molecule has 0 saturated carbocycles. The van der Waals surface area contributed by atoms with Crippen LogP contribution in [0.1, 0.15) is 42.6 Å². The fourth-order valence-electron chi connectivity index (χ4n) is 2.12. The molecule has 0 aliphatic carbocycles. The van der Waals surface area contributed by atoms with E-state index in [4.69, 9.17) is 0 Å². The van der Waals surface area contributed by atoms with Crippen molar-refractivity contribution in [1.29, 1.82) is 0 Å². The number of rotatable bonds is 5. The van der Waals surface area contributed by atoms with Crippen LogP contribution in [0.25, 0.3) is 0 Å². The molecular weight excluding hydrogens is 280 g/mol. The van der Waals surface area contributed by atoms with Crippen molar-refractivity contribution < 1.29 is 23.1 Å². The van der Waals surface area contributed by atoms with Crippen molar-refractivity contribution in [2.24, 2.45) is 0 Å². The van der Waals surface area contributed by atoms with E-state index in [1.807, 2.05) is 6.92 Å². The lowest BCUT2D eigenvalue weighted by Crippen LogP contribution is -2.53. The topological polar surface area (TPSA) is 55.4 Å². The van der Waals surface area contributed by atoms with Crippen LogP contribution in [0, 0.1) is 18.6 Å². The number of carbonyl (C=O) groups is 2. The van der Waals surface area contributed by atoms with Gasteiger partial charge in [0.05, 0.1) is 7.11 Å². The van der Waals surface area contributed by atoms with Crippen molar-refractivity contribution >= 4 is 11.9 Å². The number of methoxy groups -OCH3 is 1. The normalized spacial score (nSPS) is 13.4. The average molecular weight is 299 g/mol. The highest BCUT2D eigenvalue weighted by Crippen LogP contribution is 2.20. The molecule has 0 bridgehead atoms. The van der Waals surface area contributed by atoms with E-state index < -0.39 is 34.6 Å². The number of halogens is 2. The van der Waals surface area contributed by atoms with Gasteiger partial charge in [0.2, 0.25) is 0 Å². The van der Waals surface area contributed by atoms with E-state index in [0.717, 1.165) is 6.07 Å². The second-order valence-electron chi connectivity index (χ2n) is 5.08. The molecule has 0 fully saturated rings. The maximum atomic E-state index is 13.9. The van der Waals surface area contributed by atoms with Gasteiger partial charge in [0, 0.05) is 0 Å². The first-order chi connectivity index (χ1) is 9.76. The van der Waals surface area contributed by atoms with Crippen LogP contribution in [-0.4, -0.2) is 24.5 Å². The summed E-state index contributed by atoms with van der Waals surface area (Å²) < 4.78 is 32.3. The van der Waals surface area contributed by atoms with Gasteiger partial charge in [-0.2, -0.15) is 0 Å². The third-order valence-corrected chi connectivity index (χ3v) is 3.29. The highest BCUT2D eigenvalue weighted by atomic mass is 19.1. The molecule has 1 aromatic rings. The minimum Gasteiger partial charge on any atom is -0.467 e. The summed E-state index contributed by atoms with van der Waals surface area (Å²) in [5, 5.41) is 2.38. The van der Waals surface area contributed by atoms with Crippen molar-refractivity contribution in [2.45, 2.75) is 39.2 Å². The predicted molar refractivity (Wildman–Crippen MR) is 73.9 cm³/mol. The number of benzene rings is 1. The van der Waals surface area contributed by atoms with Gasteiger partial charge in [0.15, 0.2) is 0 Å². The first-order valence-electron chi connectivity index (χ1n) is 6.62. The Bertz CT molecular complexity index is 560. The van der Waals surface area contributed by atoms with E-state index >= 15 is 0 Å². The van der Waals surface area contributed by atoms with E-state index in [-0.39, 0.29) is 5.56 Å². The van der Waals surface area contributed by atoms with Crippen molar-refractivity contribution in [3.8, 4) is 0 Å². The number of hydrogen-bond acceptors (Lipinski definition) is 3. The standard InChI is InChI=1S/C15H19F2NO3/c1-5-8-15(3,14(20)21-4)18-13(19)11-10(16)7-6-9(2)12(11)17/h6-7H,5,8H2,1-4H3,(H,18,19). The van der Waals surface area contributed by atoms with Crippen LogP contribution in [0.2, 0.25) is 0 Å². The highest BCUT2D eigenvalue weighted by molar-refractivity contribution is 5.98. The lowest BCUT2D eigenvalue weighted by atomic mass is 9.95. The smallest absolute Gasteiger partial charge is 0.331 e. The minimum absolute atomic E-state index is 0.150. The third-order valence-electron chi connectivity index (χ3n) is 3.29. The number of amides is 1. The number of esters is 1. The summed E-state index contributed by atoms with van der Waals surface area (Å²) >= 11 is 0. The number of ether oxygens (including phenoxy) is 1. The Morgan fingerprint density at radius 2 is 1.95 bits per heavy atom. The molecule has 1 atom stereocenters. The molecular formula is C15H19F2NO3. The van der Waals surface area contributed by atoms with Gasteiger partial charge in [0.1, 0.15) is 22.7 Å². The second kappa shape index (κ2) is 6.65. The zero-order chi connectivity index (χ0) is 16.2. The molecule has 1 amide bonds. The molecule has 0 saturated heterocycles. The Kier molecular flexibility index (Phi) is 5.41. The second-order valence-corrected chi connectivity index (χ2v) is 5.08. The van der Waals surface area contributed by atoms with E-state index in [1.54, 1.807) is 0 Å². The molecule has 0 spiro atoms. The van der Waals surface area contributed by atoms with Crippen LogP contribution in [0.15, 0.2) is 12.1 Å². The first kappa shape index (κ1) is 17.1. The zero-order valence-corrected chi connectivity index (χ0v) is 12.5. The molecule has 0 heterocycles. The molecule has 0 aromatic heterocycles.